The monoisotopic (exact) mass is 505 g/mol. The van der Waals surface area contributed by atoms with Crippen molar-refractivity contribution >= 4 is 22.2 Å². The summed E-state index contributed by atoms with van der Waals surface area (Å²) in [5.74, 6) is -1.12. The average Bonchev–Trinajstić information content (AvgIpc) is 3.42. The summed E-state index contributed by atoms with van der Waals surface area (Å²) in [7, 11) is 0. The molecule has 1 aliphatic rings. The highest BCUT2D eigenvalue weighted by atomic mass is 19.4. The first-order valence-corrected chi connectivity index (χ1v) is 11.1. The molecule has 188 valence electrons. The normalized spacial score (nSPS) is 16.9. The molecule has 1 atom stereocenters. The Labute approximate surface area is 200 Å². The standard InChI is InChI=1S/C24H20F5N5O2/c25-18(26)12-33-8-7-16(10-33)30-22(35)20-19(24(27,28)29)21-23(36)31-17(11-34(21)32-20)15-6-5-13-3-1-2-4-14(13)9-15/h1-6,9,11,16,18H,7-8,10,12H2,(H,30,35)(H,31,36). The molecule has 0 bridgehead atoms. The van der Waals surface area contributed by atoms with E-state index in [0.29, 0.717) is 12.0 Å². The van der Waals surface area contributed by atoms with Gasteiger partial charge in [0, 0.05) is 24.7 Å². The molecule has 5 rings (SSSR count). The van der Waals surface area contributed by atoms with Crippen LogP contribution in [0, 0.1) is 0 Å². The molecule has 2 N–H and O–H groups in total. The van der Waals surface area contributed by atoms with Crippen LogP contribution in [0.4, 0.5) is 22.0 Å². The molecule has 1 unspecified atom stereocenters. The minimum Gasteiger partial charge on any atom is -0.347 e. The van der Waals surface area contributed by atoms with Gasteiger partial charge in [0.2, 0.25) is 0 Å². The molecule has 4 aromatic rings. The molecule has 2 aromatic carbocycles. The Morgan fingerprint density at radius 2 is 1.92 bits per heavy atom. The van der Waals surface area contributed by atoms with Gasteiger partial charge in [0.1, 0.15) is 11.1 Å². The van der Waals surface area contributed by atoms with Crippen molar-refractivity contribution in [3.63, 3.8) is 0 Å². The van der Waals surface area contributed by atoms with Crippen molar-refractivity contribution in [1.82, 2.24) is 24.8 Å². The Morgan fingerprint density at radius 3 is 2.64 bits per heavy atom. The molecule has 0 saturated carbocycles. The molecule has 7 nitrogen and oxygen atoms in total. The Bertz CT molecular complexity index is 1510. The fourth-order valence-corrected chi connectivity index (χ4v) is 4.58. The minimum absolute atomic E-state index is 0.0809. The van der Waals surface area contributed by atoms with Gasteiger partial charge >= 0.3 is 6.18 Å². The van der Waals surface area contributed by atoms with E-state index >= 15 is 0 Å². The number of H-pyrrole nitrogens is 1. The van der Waals surface area contributed by atoms with Gasteiger partial charge < -0.3 is 10.3 Å². The summed E-state index contributed by atoms with van der Waals surface area (Å²) in [5, 5.41) is 8.08. The highest BCUT2D eigenvalue weighted by Gasteiger charge is 2.42. The Kier molecular flexibility index (Phi) is 5.99. The van der Waals surface area contributed by atoms with Crippen LogP contribution in [0.1, 0.15) is 22.5 Å². The van der Waals surface area contributed by atoms with Crippen LogP contribution in [-0.4, -0.2) is 57.5 Å². The number of carbonyl (C=O) groups excluding carboxylic acids is 1. The molecule has 12 heteroatoms. The summed E-state index contributed by atoms with van der Waals surface area (Å²) in [5.41, 5.74) is -3.48. The third-order valence-electron chi connectivity index (χ3n) is 6.19. The van der Waals surface area contributed by atoms with Crippen molar-refractivity contribution in [2.75, 3.05) is 19.6 Å². The van der Waals surface area contributed by atoms with Gasteiger partial charge in [0.25, 0.3) is 17.9 Å². The second kappa shape index (κ2) is 9.01. The van der Waals surface area contributed by atoms with Gasteiger partial charge in [-0.05, 0) is 23.3 Å². The molecule has 3 heterocycles. The average molecular weight is 505 g/mol. The van der Waals surface area contributed by atoms with E-state index in [0.717, 1.165) is 15.3 Å². The number of likely N-dealkylation sites (tertiary alicyclic amines) is 1. The Morgan fingerprint density at radius 1 is 1.17 bits per heavy atom. The van der Waals surface area contributed by atoms with Crippen LogP contribution in [0.5, 0.6) is 0 Å². The number of fused-ring (bicyclic) bond motifs is 2. The number of rotatable bonds is 5. The number of benzene rings is 2. The summed E-state index contributed by atoms with van der Waals surface area (Å²) in [4.78, 5) is 29.5. The van der Waals surface area contributed by atoms with Crippen LogP contribution < -0.4 is 10.9 Å². The first kappa shape index (κ1) is 23.9. The van der Waals surface area contributed by atoms with Crippen molar-refractivity contribution < 1.29 is 26.7 Å². The van der Waals surface area contributed by atoms with Gasteiger partial charge in [-0.3, -0.25) is 14.5 Å². The molecular weight excluding hydrogens is 485 g/mol. The molecule has 1 fully saturated rings. The van der Waals surface area contributed by atoms with Crippen LogP contribution in [-0.2, 0) is 6.18 Å². The van der Waals surface area contributed by atoms with Crippen LogP contribution in [0.25, 0.3) is 27.5 Å². The van der Waals surface area contributed by atoms with Crippen molar-refractivity contribution in [2.45, 2.75) is 25.1 Å². The minimum atomic E-state index is -5.04. The summed E-state index contributed by atoms with van der Waals surface area (Å²) < 4.78 is 68.0. The molecule has 1 saturated heterocycles. The van der Waals surface area contributed by atoms with Crippen LogP contribution >= 0.6 is 0 Å². The van der Waals surface area contributed by atoms with Gasteiger partial charge in [0.05, 0.1) is 18.4 Å². The Hall–Kier alpha value is -3.80. The lowest BCUT2D eigenvalue weighted by molar-refractivity contribution is -0.136. The van der Waals surface area contributed by atoms with Crippen molar-refractivity contribution in [3.05, 3.63) is 70.3 Å². The molecule has 1 aliphatic heterocycles. The fourth-order valence-electron chi connectivity index (χ4n) is 4.58. The van der Waals surface area contributed by atoms with E-state index in [2.05, 4.69) is 15.4 Å². The number of hydrogen-bond donors (Lipinski definition) is 2. The lowest BCUT2D eigenvalue weighted by atomic mass is 10.1. The number of aromatic nitrogens is 3. The molecule has 0 spiro atoms. The predicted octanol–water partition coefficient (Wildman–Crippen LogP) is 3.93. The molecule has 2 aromatic heterocycles. The largest absolute Gasteiger partial charge is 0.421 e. The highest BCUT2D eigenvalue weighted by molar-refractivity contribution is 5.96. The maximum absolute atomic E-state index is 14.0. The summed E-state index contributed by atoms with van der Waals surface area (Å²) in [6.07, 6.45) is -6.06. The number of alkyl halides is 5. The van der Waals surface area contributed by atoms with E-state index in [1.54, 1.807) is 12.1 Å². The number of nitrogens with one attached hydrogen (secondary N) is 2. The number of amides is 1. The highest BCUT2D eigenvalue weighted by Crippen LogP contribution is 2.35. The van der Waals surface area contributed by atoms with Gasteiger partial charge in [0.15, 0.2) is 5.69 Å². The maximum Gasteiger partial charge on any atom is 0.421 e. The van der Waals surface area contributed by atoms with Gasteiger partial charge in [-0.2, -0.15) is 18.3 Å². The summed E-state index contributed by atoms with van der Waals surface area (Å²) >= 11 is 0. The second-order valence-corrected chi connectivity index (χ2v) is 8.68. The zero-order valence-corrected chi connectivity index (χ0v) is 18.6. The van der Waals surface area contributed by atoms with Crippen molar-refractivity contribution in [3.8, 4) is 11.3 Å². The van der Waals surface area contributed by atoms with E-state index in [1.807, 2.05) is 30.3 Å². The van der Waals surface area contributed by atoms with Gasteiger partial charge in [-0.25, -0.2) is 13.3 Å². The van der Waals surface area contributed by atoms with E-state index in [-0.39, 0.29) is 18.8 Å². The first-order valence-electron chi connectivity index (χ1n) is 11.1. The summed E-state index contributed by atoms with van der Waals surface area (Å²) in [6, 6.07) is 12.2. The van der Waals surface area contributed by atoms with E-state index in [4.69, 9.17) is 0 Å². The van der Waals surface area contributed by atoms with Crippen LogP contribution in [0.15, 0.2) is 53.5 Å². The molecule has 0 radical (unpaired) electrons. The number of nitrogens with zero attached hydrogens (tertiary/aromatic N) is 3. The first-order chi connectivity index (χ1) is 17.1. The maximum atomic E-state index is 14.0. The zero-order chi connectivity index (χ0) is 25.6. The zero-order valence-electron chi connectivity index (χ0n) is 18.6. The number of carbonyl (C=O) groups is 1. The number of hydrogen-bond acceptors (Lipinski definition) is 4. The predicted molar refractivity (Wildman–Crippen MR) is 122 cm³/mol. The quantitative estimate of drug-likeness (QED) is 0.403. The van der Waals surface area contributed by atoms with Crippen LogP contribution in [0.3, 0.4) is 0 Å². The topological polar surface area (TPSA) is 82.5 Å². The van der Waals surface area contributed by atoms with Gasteiger partial charge in [-0.1, -0.05) is 36.4 Å². The second-order valence-electron chi connectivity index (χ2n) is 8.68. The van der Waals surface area contributed by atoms with E-state index < -0.39 is 53.4 Å². The SMILES string of the molecule is O=C(NC1CCN(CC(F)F)C1)c1nn2cc(-c3ccc4ccccc4c3)[nH]c(=O)c2c1C(F)(F)F. The molecule has 36 heavy (non-hydrogen) atoms. The molecule has 1 amide bonds. The van der Waals surface area contributed by atoms with Crippen molar-refractivity contribution in [1.29, 1.82) is 0 Å². The van der Waals surface area contributed by atoms with E-state index in [9.17, 15) is 31.5 Å². The summed E-state index contributed by atoms with van der Waals surface area (Å²) in [6.45, 7) is -0.125. The lowest BCUT2D eigenvalue weighted by Crippen LogP contribution is -2.38. The fraction of sp³-hybridized carbons (Fsp3) is 0.292. The lowest BCUT2D eigenvalue weighted by Gasteiger charge is -2.16. The third-order valence-corrected chi connectivity index (χ3v) is 6.19. The number of aromatic amines is 1. The molecule has 0 aliphatic carbocycles. The van der Waals surface area contributed by atoms with Crippen molar-refractivity contribution in [2.24, 2.45) is 0 Å². The molecular formula is C24H20F5N5O2. The Balaban J connectivity index is 1.52. The number of halogens is 5. The van der Waals surface area contributed by atoms with Crippen LogP contribution in [0.2, 0.25) is 0 Å². The van der Waals surface area contributed by atoms with Gasteiger partial charge in [-0.15, -0.1) is 0 Å². The smallest absolute Gasteiger partial charge is 0.347 e. The van der Waals surface area contributed by atoms with E-state index in [1.165, 1.54) is 11.1 Å². The third kappa shape index (κ3) is 4.55.